The van der Waals surface area contributed by atoms with Crippen molar-refractivity contribution in [1.82, 2.24) is 9.78 Å². The number of fused-ring (bicyclic) bond motifs is 1. The Kier molecular flexibility index (Phi) is 6.77. The summed E-state index contributed by atoms with van der Waals surface area (Å²) >= 11 is 0. The van der Waals surface area contributed by atoms with Gasteiger partial charge in [0, 0.05) is 23.2 Å². The van der Waals surface area contributed by atoms with Gasteiger partial charge in [-0.15, -0.1) is 0 Å². The molecule has 3 aromatic carbocycles. The van der Waals surface area contributed by atoms with E-state index in [1.807, 2.05) is 56.6 Å². The molecule has 9 heteroatoms. The van der Waals surface area contributed by atoms with Crippen molar-refractivity contribution in [3.8, 4) is 5.75 Å². The molecule has 0 N–H and O–H groups in total. The average Bonchev–Trinajstić information content (AvgIpc) is 3.18. The fourth-order valence-corrected chi connectivity index (χ4v) is 7.30. The minimum Gasteiger partial charge on any atom is -0.451 e. The minimum atomic E-state index is -3.25. The van der Waals surface area contributed by atoms with Crippen molar-refractivity contribution in [3.63, 3.8) is 0 Å². The van der Waals surface area contributed by atoms with Crippen molar-refractivity contribution < 1.29 is 13.8 Å². The fraction of sp³-hybridized carbons (Fsp3) is 0.269. The summed E-state index contributed by atoms with van der Waals surface area (Å²) in [5.41, 5.74) is 1.54. The van der Waals surface area contributed by atoms with Gasteiger partial charge in [-0.05, 0) is 30.7 Å². The third-order valence-corrected chi connectivity index (χ3v) is 9.47. The number of para-hydroxylation sites is 2. The van der Waals surface area contributed by atoms with Gasteiger partial charge in [0.15, 0.2) is 18.8 Å². The molecule has 4 rings (SSSR count). The summed E-state index contributed by atoms with van der Waals surface area (Å²) in [6, 6.07) is 20.2. The number of halogens is 1. The Morgan fingerprint density at radius 2 is 1.71 bits per heavy atom. The number of hydrogen-bond donors (Lipinski definition) is 0. The number of hydrogen-bond acceptors (Lipinski definition) is 5. The van der Waals surface area contributed by atoms with Gasteiger partial charge in [-0.2, -0.15) is 5.10 Å². The summed E-state index contributed by atoms with van der Waals surface area (Å²) in [6.07, 6.45) is 0.802. The highest BCUT2D eigenvalue weighted by Gasteiger charge is 2.44. The van der Waals surface area contributed by atoms with Crippen molar-refractivity contribution in [1.29, 1.82) is 0 Å². The van der Waals surface area contributed by atoms with Crippen LogP contribution in [0.4, 0.5) is 15.8 Å². The third kappa shape index (κ3) is 4.58. The largest absolute Gasteiger partial charge is 0.451 e. The Morgan fingerprint density at radius 1 is 1.06 bits per heavy atom. The van der Waals surface area contributed by atoms with Gasteiger partial charge in [0.05, 0.1) is 10.4 Å². The van der Waals surface area contributed by atoms with Gasteiger partial charge >= 0.3 is 0 Å². The lowest BCUT2D eigenvalue weighted by atomic mass is 10.2. The van der Waals surface area contributed by atoms with Crippen LogP contribution in [0.15, 0.2) is 77.5 Å². The molecule has 0 aliphatic rings. The molecular formula is C26H28FN4O3P. The van der Waals surface area contributed by atoms with Crippen molar-refractivity contribution in [3.05, 3.63) is 88.7 Å². The van der Waals surface area contributed by atoms with E-state index in [2.05, 4.69) is 0 Å². The first-order valence-electron chi connectivity index (χ1n) is 11.4. The van der Waals surface area contributed by atoms with Gasteiger partial charge in [-0.1, -0.05) is 70.2 Å². The molecule has 0 aliphatic heterocycles. The summed E-state index contributed by atoms with van der Waals surface area (Å²) in [7, 11) is -3.25. The summed E-state index contributed by atoms with van der Waals surface area (Å²) in [5, 5.41) is 16.9. The fourth-order valence-electron chi connectivity index (χ4n) is 3.99. The second-order valence-corrected chi connectivity index (χ2v) is 12.5. The van der Waals surface area contributed by atoms with Crippen LogP contribution in [0, 0.1) is 15.9 Å². The van der Waals surface area contributed by atoms with E-state index in [1.165, 1.54) is 12.1 Å². The monoisotopic (exact) mass is 494 g/mol. The molecule has 0 spiro atoms. The van der Waals surface area contributed by atoms with Crippen LogP contribution in [-0.4, -0.2) is 19.9 Å². The number of aryl methyl sites for hydroxylation is 1. The van der Waals surface area contributed by atoms with Crippen LogP contribution in [0.3, 0.4) is 0 Å². The van der Waals surface area contributed by atoms with E-state index in [4.69, 9.17) is 14.4 Å². The SMILES string of the molecule is CCCn1nc2ccccc2c1[P@](=Nc1ccccc1[N+](=O)[O-])(Oc1ccccc1F)C(C)(C)C. The Morgan fingerprint density at radius 3 is 2.40 bits per heavy atom. The minimum absolute atomic E-state index is 0.0476. The zero-order valence-electron chi connectivity index (χ0n) is 20.2. The molecule has 0 amide bonds. The lowest BCUT2D eigenvalue weighted by Gasteiger charge is -2.37. The maximum Gasteiger partial charge on any atom is 0.294 e. The lowest BCUT2D eigenvalue weighted by Crippen LogP contribution is -2.32. The van der Waals surface area contributed by atoms with Crippen LogP contribution >= 0.6 is 7.28 Å². The zero-order valence-corrected chi connectivity index (χ0v) is 21.1. The molecule has 0 unspecified atom stereocenters. The highest BCUT2D eigenvalue weighted by molar-refractivity contribution is 7.71. The van der Waals surface area contributed by atoms with Crippen LogP contribution in [0.1, 0.15) is 34.1 Å². The zero-order chi connectivity index (χ0) is 25.2. The molecule has 1 atom stereocenters. The van der Waals surface area contributed by atoms with Crippen LogP contribution in [0.2, 0.25) is 0 Å². The molecule has 7 nitrogen and oxygen atoms in total. The molecule has 182 valence electrons. The second kappa shape index (κ2) is 9.62. The van der Waals surface area contributed by atoms with E-state index < -0.39 is 23.2 Å². The molecule has 4 aromatic rings. The summed E-state index contributed by atoms with van der Waals surface area (Å²) < 4.78 is 28.6. The maximum absolute atomic E-state index is 15.0. The topological polar surface area (TPSA) is 82.5 Å². The standard InChI is InChI=1S/C26H28FN4O3P/c1-5-18-30-25(19-12-6-8-14-21(19)28-30)35(26(2,3)4,34-24-17-11-7-13-20(24)27)29-22-15-9-10-16-23(22)31(32)33/h6-17H,5,18H2,1-4H3/t35-/m0/s1. The highest BCUT2D eigenvalue weighted by Crippen LogP contribution is 2.63. The van der Waals surface area contributed by atoms with E-state index in [9.17, 15) is 14.5 Å². The van der Waals surface area contributed by atoms with E-state index in [0.29, 0.717) is 6.54 Å². The highest BCUT2D eigenvalue weighted by atomic mass is 31.2. The van der Waals surface area contributed by atoms with Crippen molar-refractivity contribution in [2.24, 2.45) is 4.74 Å². The van der Waals surface area contributed by atoms with Crippen LogP contribution in [-0.2, 0) is 6.54 Å². The molecule has 1 aromatic heterocycles. The van der Waals surface area contributed by atoms with E-state index in [0.717, 1.165) is 22.8 Å². The molecule has 0 fully saturated rings. The quantitative estimate of drug-likeness (QED) is 0.152. The first-order valence-corrected chi connectivity index (χ1v) is 13.1. The maximum atomic E-state index is 15.0. The van der Waals surface area contributed by atoms with Crippen molar-refractivity contribution >= 4 is 35.0 Å². The predicted octanol–water partition coefficient (Wildman–Crippen LogP) is 7.44. The third-order valence-electron chi connectivity index (χ3n) is 5.64. The molecule has 35 heavy (non-hydrogen) atoms. The molecule has 0 saturated carbocycles. The molecule has 1 heterocycles. The number of benzene rings is 3. The molecule has 0 bridgehead atoms. The number of nitro benzene ring substituents is 1. The Hall–Kier alpha value is -3.51. The molecule has 0 aliphatic carbocycles. The van der Waals surface area contributed by atoms with Crippen LogP contribution < -0.4 is 9.96 Å². The predicted molar refractivity (Wildman–Crippen MR) is 139 cm³/mol. The van der Waals surface area contributed by atoms with Gasteiger partial charge < -0.3 is 4.52 Å². The van der Waals surface area contributed by atoms with Gasteiger partial charge in [0.2, 0.25) is 0 Å². The van der Waals surface area contributed by atoms with Crippen molar-refractivity contribution in [2.75, 3.05) is 0 Å². The van der Waals surface area contributed by atoms with Gasteiger partial charge in [-0.25, -0.2) is 9.14 Å². The molecule has 0 radical (unpaired) electrons. The average molecular weight is 495 g/mol. The Bertz CT molecular complexity index is 1440. The molecule has 0 saturated heterocycles. The first-order chi connectivity index (χ1) is 16.7. The van der Waals surface area contributed by atoms with Gasteiger partial charge in [-0.3, -0.25) is 14.8 Å². The lowest BCUT2D eigenvalue weighted by molar-refractivity contribution is -0.384. The number of aromatic nitrogens is 2. The number of nitro groups is 1. The number of nitrogens with zero attached hydrogens (tertiary/aromatic N) is 4. The summed E-state index contributed by atoms with van der Waals surface area (Å²) in [4.78, 5) is 11.4. The second-order valence-electron chi connectivity index (χ2n) is 9.18. The van der Waals surface area contributed by atoms with E-state index in [1.54, 1.807) is 36.4 Å². The smallest absolute Gasteiger partial charge is 0.294 e. The Labute approximate surface area is 203 Å². The molecular weight excluding hydrogens is 466 g/mol. The number of rotatable bonds is 7. The summed E-state index contributed by atoms with van der Waals surface area (Å²) in [5.74, 6) is -0.476. The van der Waals surface area contributed by atoms with Gasteiger partial charge in [0.1, 0.15) is 11.1 Å². The van der Waals surface area contributed by atoms with Crippen LogP contribution in [0.5, 0.6) is 5.75 Å². The normalized spacial score (nSPS) is 13.4. The van der Waals surface area contributed by atoms with E-state index in [-0.39, 0.29) is 17.1 Å². The van der Waals surface area contributed by atoms with E-state index >= 15 is 0 Å². The Balaban J connectivity index is 2.19. The van der Waals surface area contributed by atoms with Crippen molar-refractivity contribution in [2.45, 2.75) is 45.8 Å². The van der Waals surface area contributed by atoms with Gasteiger partial charge in [0.25, 0.3) is 5.69 Å². The summed E-state index contributed by atoms with van der Waals surface area (Å²) in [6.45, 7) is 8.55. The van der Waals surface area contributed by atoms with Crippen LogP contribution in [0.25, 0.3) is 10.9 Å². The first kappa shape index (κ1) is 24.6.